The van der Waals surface area contributed by atoms with Gasteiger partial charge in [-0.3, -0.25) is 0 Å². The summed E-state index contributed by atoms with van der Waals surface area (Å²) in [6.07, 6.45) is 2.40. The van der Waals surface area contributed by atoms with Crippen molar-refractivity contribution in [1.29, 1.82) is 0 Å². The van der Waals surface area contributed by atoms with Gasteiger partial charge in [0.2, 0.25) is 0 Å². The van der Waals surface area contributed by atoms with Crippen molar-refractivity contribution >= 4 is 11.6 Å². The highest BCUT2D eigenvalue weighted by atomic mass is 35.5. The molecule has 17 heavy (non-hydrogen) atoms. The second-order valence-corrected chi connectivity index (χ2v) is 4.72. The maximum Gasteiger partial charge on any atom is 0.165 e. The molecule has 0 aliphatic heterocycles. The average molecular weight is 256 g/mol. The van der Waals surface area contributed by atoms with Crippen LogP contribution in [0.15, 0.2) is 29.8 Å². The van der Waals surface area contributed by atoms with Crippen molar-refractivity contribution in [2.75, 3.05) is 6.61 Å². The molecule has 0 aromatic heterocycles. The van der Waals surface area contributed by atoms with Crippen LogP contribution in [0, 0.1) is 5.82 Å². The van der Waals surface area contributed by atoms with Crippen molar-refractivity contribution in [2.24, 2.45) is 0 Å². The number of hydrogen-bond acceptors (Lipinski definition) is 2. The lowest BCUT2D eigenvalue weighted by Crippen LogP contribution is -2.16. The summed E-state index contributed by atoms with van der Waals surface area (Å²) in [5.74, 6) is -0.0968. The van der Waals surface area contributed by atoms with Crippen LogP contribution in [0.5, 0.6) is 5.75 Å². The van der Waals surface area contributed by atoms with Crippen LogP contribution in [0.2, 0.25) is 0 Å². The normalized spacial score (nSPS) is 14.7. The molecule has 1 N–H and O–H groups in total. The lowest BCUT2D eigenvalue weighted by atomic mass is 10.2. The van der Waals surface area contributed by atoms with Gasteiger partial charge in [0.25, 0.3) is 0 Å². The number of hydrogen-bond donors (Lipinski definition) is 1. The van der Waals surface area contributed by atoms with Gasteiger partial charge in [0.05, 0.1) is 0 Å². The van der Waals surface area contributed by atoms with Gasteiger partial charge in [-0.25, -0.2) is 4.39 Å². The van der Waals surface area contributed by atoms with Crippen LogP contribution in [0.1, 0.15) is 18.4 Å². The van der Waals surface area contributed by atoms with E-state index in [1.165, 1.54) is 18.9 Å². The van der Waals surface area contributed by atoms with Gasteiger partial charge in [-0.15, -0.1) is 0 Å². The zero-order chi connectivity index (χ0) is 12.3. The fraction of sp³-hybridized carbons (Fsp3) is 0.385. The maximum atomic E-state index is 13.6. The molecule has 0 amide bonds. The highest BCUT2D eigenvalue weighted by molar-refractivity contribution is 6.29. The Morgan fingerprint density at radius 2 is 2.29 bits per heavy atom. The molecular formula is C13H15ClFNO. The molecule has 0 unspecified atom stereocenters. The molecule has 1 aromatic rings. The van der Waals surface area contributed by atoms with E-state index in [9.17, 15) is 4.39 Å². The predicted molar refractivity (Wildman–Crippen MR) is 66.7 cm³/mol. The first-order valence-electron chi connectivity index (χ1n) is 5.63. The molecule has 0 saturated heterocycles. The molecule has 2 nitrogen and oxygen atoms in total. The van der Waals surface area contributed by atoms with E-state index in [-0.39, 0.29) is 18.2 Å². The Bertz CT molecular complexity index is 418. The molecule has 0 bridgehead atoms. The SMILES string of the molecule is C=C(Cl)COc1c(F)cccc1CNC1CC1. The average Bonchev–Trinajstić information content (AvgIpc) is 3.08. The van der Waals surface area contributed by atoms with Crippen LogP contribution in [-0.4, -0.2) is 12.6 Å². The Hall–Kier alpha value is -1.06. The first-order chi connectivity index (χ1) is 8.16. The largest absolute Gasteiger partial charge is 0.485 e. The fourth-order valence-electron chi connectivity index (χ4n) is 1.55. The Kier molecular flexibility index (Phi) is 4.02. The van der Waals surface area contributed by atoms with Crippen molar-refractivity contribution in [2.45, 2.75) is 25.4 Å². The van der Waals surface area contributed by atoms with E-state index in [2.05, 4.69) is 11.9 Å². The maximum absolute atomic E-state index is 13.6. The second-order valence-electron chi connectivity index (χ2n) is 4.19. The van der Waals surface area contributed by atoms with Crippen molar-refractivity contribution in [3.8, 4) is 5.75 Å². The zero-order valence-corrected chi connectivity index (χ0v) is 10.3. The summed E-state index contributed by atoms with van der Waals surface area (Å²) in [6.45, 7) is 4.26. The third kappa shape index (κ3) is 3.72. The van der Waals surface area contributed by atoms with Gasteiger partial charge in [0, 0.05) is 23.2 Å². The highest BCUT2D eigenvalue weighted by Crippen LogP contribution is 2.25. The van der Waals surface area contributed by atoms with Gasteiger partial charge >= 0.3 is 0 Å². The molecule has 1 fully saturated rings. The van der Waals surface area contributed by atoms with Crippen molar-refractivity contribution in [3.05, 3.63) is 41.2 Å². The third-order valence-electron chi connectivity index (χ3n) is 2.58. The minimum Gasteiger partial charge on any atom is -0.485 e. The molecule has 0 spiro atoms. The predicted octanol–water partition coefficient (Wildman–Crippen LogP) is 3.21. The van der Waals surface area contributed by atoms with Gasteiger partial charge in [-0.05, 0) is 18.9 Å². The Balaban J connectivity index is 2.05. The quantitative estimate of drug-likeness (QED) is 0.843. The first-order valence-corrected chi connectivity index (χ1v) is 6.01. The zero-order valence-electron chi connectivity index (χ0n) is 9.51. The number of benzene rings is 1. The minimum absolute atomic E-state index is 0.124. The summed E-state index contributed by atoms with van der Waals surface area (Å²) in [4.78, 5) is 0. The number of rotatable bonds is 6. The topological polar surface area (TPSA) is 21.3 Å². The lowest BCUT2D eigenvalue weighted by molar-refractivity contribution is 0.333. The molecule has 92 valence electrons. The smallest absolute Gasteiger partial charge is 0.165 e. The molecule has 0 atom stereocenters. The fourth-order valence-corrected chi connectivity index (χ4v) is 1.60. The Labute approximate surface area is 105 Å². The van der Waals surface area contributed by atoms with Crippen LogP contribution < -0.4 is 10.1 Å². The molecular weight excluding hydrogens is 241 g/mol. The first kappa shape index (κ1) is 12.4. The van der Waals surface area contributed by atoms with Crippen molar-refractivity contribution in [3.63, 3.8) is 0 Å². The number of nitrogens with one attached hydrogen (secondary N) is 1. The summed E-state index contributed by atoms with van der Waals surface area (Å²) in [5.41, 5.74) is 0.815. The van der Waals surface area contributed by atoms with Crippen LogP contribution in [-0.2, 0) is 6.54 Å². The molecule has 1 aliphatic rings. The summed E-state index contributed by atoms with van der Waals surface area (Å²) < 4.78 is 19.0. The van der Waals surface area contributed by atoms with E-state index in [1.807, 2.05) is 6.07 Å². The lowest BCUT2D eigenvalue weighted by Gasteiger charge is -2.12. The van der Waals surface area contributed by atoms with E-state index < -0.39 is 0 Å². The Morgan fingerprint density at radius 3 is 2.94 bits per heavy atom. The molecule has 2 rings (SSSR count). The third-order valence-corrected chi connectivity index (χ3v) is 2.69. The molecule has 0 radical (unpaired) electrons. The monoisotopic (exact) mass is 255 g/mol. The Morgan fingerprint density at radius 1 is 1.53 bits per heavy atom. The number of ether oxygens (including phenoxy) is 1. The van der Waals surface area contributed by atoms with E-state index in [4.69, 9.17) is 16.3 Å². The summed E-state index contributed by atoms with van der Waals surface area (Å²) >= 11 is 5.61. The van der Waals surface area contributed by atoms with Gasteiger partial charge in [-0.1, -0.05) is 30.3 Å². The van der Waals surface area contributed by atoms with Crippen LogP contribution in [0.3, 0.4) is 0 Å². The van der Waals surface area contributed by atoms with Crippen LogP contribution in [0.4, 0.5) is 4.39 Å². The molecule has 1 aliphatic carbocycles. The number of halogens is 2. The molecule has 1 saturated carbocycles. The molecule has 1 aromatic carbocycles. The molecule has 0 heterocycles. The standard InChI is InChI=1S/C13H15ClFNO/c1-9(14)8-17-13-10(3-2-4-12(13)15)7-16-11-5-6-11/h2-4,11,16H,1,5-8H2. The highest BCUT2D eigenvalue weighted by Gasteiger charge is 2.21. The number of para-hydroxylation sites is 1. The second kappa shape index (κ2) is 5.52. The minimum atomic E-state index is -0.363. The van der Waals surface area contributed by atoms with Gasteiger partial charge < -0.3 is 10.1 Å². The summed E-state index contributed by atoms with van der Waals surface area (Å²) in [6, 6.07) is 5.49. The summed E-state index contributed by atoms with van der Waals surface area (Å²) in [7, 11) is 0. The van der Waals surface area contributed by atoms with E-state index in [0.717, 1.165) is 5.56 Å². The van der Waals surface area contributed by atoms with Crippen molar-refractivity contribution < 1.29 is 9.13 Å². The van der Waals surface area contributed by atoms with Crippen molar-refractivity contribution in [1.82, 2.24) is 5.32 Å². The van der Waals surface area contributed by atoms with Crippen LogP contribution in [0.25, 0.3) is 0 Å². The molecule has 4 heteroatoms. The van der Waals surface area contributed by atoms with Gasteiger partial charge in [0.1, 0.15) is 6.61 Å². The summed E-state index contributed by atoms with van der Waals surface area (Å²) in [5, 5.41) is 3.68. The van der Waals surface area contributed by atoms with Crippen LogP contribution >= 0.6 is 11.6 Å². The van der Waals surface area contributed by atoms with Gasteiger partial charge in [0.15, 0.2) is 11.6 Å². The van der Waals surface area contributed by atoms with Gasteiger partial charge in [-0.2, -0.15) is 0 Å². The van der Waals surface area contributed by atoms with E-state index in [0.29, 0.717) is 17.6 Å². The van der Waals surface area contributed by atoms with E-state index >= 15 is 0 Å². The van der Waals surface area contributed by atoms with E-state index in [1.54, 1.807) is 6.07 Å².